The first-order chi connectivity index (χ1) is 4.74. The number of hydrogen-bond acceptors (Lipinski definition) is 2. The van der Waals surface area contributed by atoms with Crippen LogP contribution in [0.2, 0.25) is 0 Å². The second-order valence-corrected chi connectivity index (χ2v) is 3.45. The molecule has 0 aliphatic heterocycles. The van der Waals surface area contributed by atoms with Crippen molar-refractivity contribution in [2.24, 2.45) is 11.7 Å². The molecule has 11 heavy (non-hydrogen) atoms. The zero-order valence-corrected chi connectivity index (χ0v) is 8.16. The summed E-state index contributed by atoms with van der Waals surface area (Å²) in [6, 6.07) is 1.17. The summed E-state index contributed by atoms with van der Waals surface area (Å²) in [5.74, 6) is 0.758. The Kier molecular flexibility index (Phi) is 5.06. The lowest BCUT2D eigenvalue weighted by Crippen LogP contribution is -2.41. The Morgan fingerprint density at radius 3 is 2.45 bits per heavy atom. The molecule has 1 saturated carbocycles. The fourth-order valence-electron chi connectivity index (χ4n) is 1.87. The van der Waals surface area contributed by atoms with E-state index in [1.165, 1.54) is 19.3 Å². The van der Waals surface area contributed by atoms with Crippen LogP contribution in [0.3, 0.4) is 0 Å². The van der Waals surface area contributed by atoms with Crippen LogP contribution in [0.15, 0.2) is 0 Å². The molecule has 0 heterocycles. The third kappa shape index (κ3) is 2.97. The van der Waals surface area contributed by atoms with E-state index in [1.807, 2.05) is 7.05 Å². The Morgan fingerprint density at radius 2 is 2.00 bits per heavy atom. The topological polar surface area (TPSA) is 38.0 Å². The van der Waals surface area contributed by atoms with Crippen molar-refractivity contribution in [3.8, 4) is 0 Å². The molecule has 1 aliphatic carbocycles. The Balaban J connectivity index is 0.000001000. The Hall–Kier alpha value is 0.210. The van der Waals surface area contributed by atoms with Crippen molar-refractivity contribution < 1.29 is 0 Å². The first-order valence-corrected chi connectivity index (χ1v) is 4.17. The highest BCUT2D eigenvalue weighted by atomic mass is 35.5. The van der Waals surface area contributed by atoms with Crippen LogP contribution >= 0.6 is 12.4 Å². The van der Waals surface area contributed by atoms with E-state index in [-0.39, 0.29) is 12.4 Å². The molecule has 0 bridgehead atoms. The van der Waals surface area contributed by atoms with E-state index in [4.69, 9.17) is 5.73 Å². The maximum absolute atomic E-state index is 5.81. The number of nitrogens with two attached hydrogens (primary N) is 1. The van der Waals surface area contributed by atoms with E-state index in [2.05, 4.69) is 12.2 Å². The van der Waals surface area contributed by atoms with E-state index < -0.39 is 0 Å². The highest BCUT2D eigenvalue weighted by Gasteiger charge is 2.23. The normalized spacial score (nSPS) is 37.9. The minimum Gasteiger partial charge on any atom is -0.328 e. The molecular formula is C8H19ClN2. The molecular weight excluding hydrogens is 160 g/mol. The van der Waals surface area contributed by atoms with Crippen molar-refractivity contribution in [1.82, 2.24) is 5.32 Å². The van der Waals surface area contributed by atoms with Crippen LogP contribution in [-0.4, -0.2) is 19.1 Å². The van der Waals surface area contributed by atoms with Crippen molar-refractivity contribution in [3.63, 3.8) is 0 Å². The summed E-state index contributed by atoms with van der Waals surface area (Å²) in [4.78, 5) is 0. The minimum atomic E-state index is 0. The lowest BCUT2D eigenvalue weighted by Gasteiger charge is -2.31. The van der Waals surface area contributed by atoms with E-state index in [9.17, 15) is 0 Å². The van der Waals surface area contributed by atoms with Gasteiger partial charge in [-0.3, -0.25) is 0 Å². The minimum absolute atomic E-state index is 0. The molecule has 1 fully saturated rings. The number of hydrogen-bond donors (Lipinski definition) is 2. The van der Waals surface area contributed by atoms with Gasteiger partial charge in [0, 0.05) is 12.1 Å². The van der Waals surface area contributed by atoms with Crippen LogP contribution in [-0.2, 0) is 0 Å². The molecule has 3 heteroatoms. The first-order valence-electron chi connectivity index (χ1n) is 4.17. The molecule has 0 radical (unpaired) electrons. The second-order valence-electron chi connectivity index (χ2n) is 3.45. The van der Waals surface area contributed by atoms with Crippen molar-refractivity contribution in [2.45, 2.75) is 38.3 Å². The third-order valence-corrected chi connectivity index (χ3v) is 2.58. The summed E-state index contributed by atoms with van der Waals surface area (Å²) < 4.78 is 0. The highest BCUT2D eigenvalue weighted by Crippen LogP contribution is 2.22. The molecule has 0 aromatic heterocycles. The molecule has 0 amide bonds. The average Bonchev–Trinajstić information content (AvgIpc) is 1.88. The number of rotatable bonds is 1. The molecule has 0 aromatic carbocycles. The average molecular weight is 179 g/mol. The number of halogens is 1. The fourth-order valence-corrected chi connectivity index (χ4v) is 1.87. The van der Waals surface area contributed by atoms with Gasteiger partial charge in [-0.1, -0.05) is 6.92 Å². The molecule has 1 rings (SSSR count). The zero-order chi connectivity index (χ0) is 7.56. The van der Waals surface area contributed by atoms with Crippen LogP contribution < -0.4 is 11.1 Å². The quantitative estimate of drug-likeness (QED) is 0.632. The van der Waals surface area contributed by atoms with Crippen LogP contribution in [0.4, 0.5) is 0 Å². The Labute approximate surface area is 75.3 Å². The van der Waals surface area contributed by atoms with Gasteiger partial charge in [-0.2, -0.15) is 0 Å². The summed E-state index contributed by atoms with van der Waals surface area (Å²) in [7, 11) is 2.04. The SMILES string of the molecule is CNC1CCC(N)CC1C.Cl. The van der Waals surface area contributed by atoms with Crippen LogP contribution in [0, 0.1) is 5.92 Å². The van der Waals surface area contributed by atoms with Crippen LogP contribution in [0.25, 0.3) is 0 Å². The molecule has 0 aromatic rings. The van der Waals surface area contributed by atoms with Gasteiger partial charge in [-0.15, -0.1) is 12.4 Å². The van der Waals surface area contributed by atoms with Gasteiger partial charge in [0.2, 0.25) is 0 Å². The summed E-state index contributed by atoms with van der Waals surface area (Å²) in [5.41, 5.74) is 5.81. The van der Waals surface area contributed by atoms with Crippen molar-refractivity contribution in [1.29, 1.82) is 0 Å². The lowest BCUT2D eigenvalue weighted by molar-refractivity contribution is 0.268. The van der Waals surface area contributed by atoms with Gasteiger partial charge in [0.25, 0.3) is 0 Å². The molecule has 3 N–H and O–H groups in total. The summed E-state index contributed by atoms with van der Waals surface area (Å²) in [5, 5.41) is 3.32. The number of nitrogens with one attached hydrogen (secondary N) is 1. The van der Waals surface area contributed by atoms with Crippen molar-refractivity contribution in [2.75, 3.05) is 7.05 Å². The maximum Gasteiger partial charge on any atom is 0.00908 e. The van der Waals surface area contributed by atoms with Crippen molar-refractivity contribution in [3.05, 3.63) is 0 Å². The standard InChI is InChI=1S/C8H18N2.ClH/c1-6-5-7(9)3-4-8(6)10-2;/h6-8,10H,3-5,9H2,1-2H3;1H. The Morgan fingerprint density at radius 1 is 1.36 bits per heavy atom. The zero-order valence-electron chi connectivity index (χ0n) is 7.34. The smallest absolute Gasteiger partial charge is 0.00908 e. The molecule has 3 atom stereocenters. The van der Waals surface area contributed by atoms with Gasteiger partial charge in [0.15, 0.2) is 0 Å². The van der Waals surface area contributed by atoms with Gasteiger partial charge in [0.05, 0.1) is 0 Å². The monoisotopic (exact) mass is 178 g/mol. The molecule has 1 aliphatic rings. The van der Waals surface area contributed by atoms with Gasteiger partial charge in [0.1, 0.15) is 0 Å². The van der Waals surface area contributed by atoms with E-state index >= 15 is 0 Å². The predicted octanol–water partition coefficient (Wildman–Crippen LogP) is 1.14. The van der Waals surface area contributed by atoms with Gasteiger partial charge < -0.3 is 11.1 Å². The Bertz CT molecular complexity index is 108. The molecule has 0 saturated heterocycles. The van der Waals surface area contributed by atoms with Gasteiger partial charge >= 0.3 is 0 Å². The van der Waals surface area contributed by atoms with Crippen molar-refractivity contribution >= 4 is 12.4 Å². The molecule has 68 valence electrons. The predicted molar refractivity (Wildman–Crippen MR) is 51.1 cm³/mol. The molecule has 3 unspecified atom stereocenters. The fraction of sp³-hybridized carbons (Fsp3) is 1.00. The van der Waals surface area contributed by atoms with Crippen LogP contribution in [0.1, 0.15) is 26.2 Å². The summed E-state index contributed by atoms with van der Waals surface area (Å²) in [6.07, 6.45) is 3.63. The maximum atomic E-state index is 5.81. The summed E-state index contributed by atoms with van der Waals surface area (Å²) >= 11 is 0. The van der Waals surface area contributed by atoms with E-state index in [1.54, 1.807) is 0 Å². The van der Waals surface area contributed by atoms with E-state index in [0.717, 1.165) is 5.92 Å². The first kappa shape index (κ1) is 11.2. The largest absolute Gasteiger partial charge is 0.328 e. The second kappa shape index (κ2) is 4.96. The van der Waals surface area contributed by atoms with Gasteiger partial charge in [-0.25, -0.2) is 0 Å². The molecule has 2 nitrogen and oxygen atoms in total. The lowest BCUT2D eigenvalue weighted by atomic mass is 9.83. The van der Waals surface area contributed by atoms with E-state index in [0.29, 0.717) is 12.1 Å². The third-order valence-electron chi connectivity index (χ3n) is 2.58. The highest BCUT2D eigenvalue weighted by molar-refractivity contribution is 5.85. The van der Waals surface area contributed by atoms with Crippen LogP contribution in [0.5, 0.6) is 0 Å². The summed E-state index contributed by atoms with van der Waals surface area (Å²) in [6.45, 7) is 2.28. The molecule has 0 spiro atoms. The van der Waals surface area contributed by atoms with Gasteiger partial charge in [-0.05, 0) is 32.2 Å².